The molecule has 0 bridgehead atoms. The number of thiol groups is 1. The molecule has 2 nitrogen and oxygen atoms in total. The number of rotatable bonds is 0. The summed E-state index contributed by atoms with van der Waals surface area (Å²) in [6, 6.07) is 0. The van der Waals surface area contributed by atoms with E-state index in [2.05, 4.69) is 12.5 Å². The molecule has 6 heavy (non-hydrogen) atoms. The van der Waals surface area contributed by atoms with Crippen molar-refractivity contribution in [2.24, 2.45) is 0 Å². The molecule has 0 aliphatic carbocycles. The zero-order valence-corrected chi connectivity index (χ0v) is 4.15. The van der Waals surface area contributed by atoms with Crippen molar-refractivity contribution in [2.45, 2.75) is 0 Å². The summed E-state index contributed by atoms with van der Waals surface area (Å²) in [7, 11) is 0. The lowest BCUT2D eigenvalue weighted by atomic mass is 10.4. The normalized spacial score (nSPS) is 22.5. The Morgan fingerprint density at radius 3 is 2.00 bits per heavy atom. The Kier molecular flexibility index (Phi) is 1.40. The minimum absolute atomic E-state index is 0.259. The molecule has 0 aromatic rings. The van der Waals surface area contributed by atoms with Crippen LogP contribution in [0.15, 0.2) is 0 Å². The van der Waals surface area contributed by atoms with Crippen molar-refractivity contribution in [1.29, 1.82) is 0 Å². The van der Waals surface area contributed by atoms with Crippen molar-refractivity contribution >= 4 is 18.9 Å². The van der Waals surface area contributed by atoms with Gasteiger partial charge in [-0.15, -0.1) is 0 Å². The molecule has 1 heterocycles. The summed E-state index contributed by atoms with van der Waals surface area (Å²) < 4.78 is 9.59. The molecule has 4 heteroatoms. The quantitative estimate of drug-likeness (QED) is 0.343. The van der Waals surface area contributed by atoms with Gasteiger partial charge in [-0.3, -0.25) is 0 Å². The first-order chi connectivity index (χ1) is 2.89. The molecule has 1 saturated heterocycles. The fourth-order valence-electron chi connectivity index (χ4n) is 0.346. The molecule has 0 aromatic heterocycles. The second kappa shape index (κ2) is 1.86. The third kappa shape index (κ3) is 0.896. The zero-order valence-electron chi connectivity index (χ0n) is 3.26. The van der Waals surface area contributed by atoms with Crippen LogP contribution in [0.4, 0.5) is 0 Å². The lowest BCUT2D eigenvalue weighted by molar-refractivity contribution is 0.365. The molecule has 34 valence electrons. The van der Waals surface area contributed by atoms with Gasteiger partial charge in [-0.2, -0.15) is 12.5 Å². The van der Waals surface area contributed by atoms with Crippen LogP contribution in [0.25, 0.3) is 0 Å². The van der Waals surface area contributed by atoms with Gasteiger partial charge in [0.1, 0.15) is 0 Å². The van der Waals surface area contributed by atoms with Crippen LogP contribution in [-0.4, -0.2) is 19.6 Å². The monoisotopic (exact) mass is 104 g/mol. The van der Waals surface area contributed by atoms with Crippen molar-refractivity contribution in [3.63, 3.8) is 0 Å². The molecule has 0 unspecified atom stereocenters. The Labute approximate surface area is 42.3 Å². The van der Waals surface area contributed by atoms with E-state index in [1.54, 1.807) is 0 Å². The predicted molar refractivity (Wildman–Crippen MR) is 26.6 cm³/mol. The van der Waals surface area contributed by atoms with E-state index in [1.807, 2.05) is 0 Å². The Hall–Kier alpha value is 0.335. The number of hydrogen-bond donors (Lipinski definition) is 1. The first kappa shape index (κ1) is 4.49. The van der Waals surface area contributed by atoms with Crippen LogP contribution >= 0.6 is 12.5 Å². The van der Waals surface area contributed by atoms with Gasteiger partial charge < -0.3 is 9.31 Å². The SMILES string of the molecule is SB1OCCO1. The molecule has 0 amide bonds. The van der Waals surface area contributed by atoms with Gasteiger partial charge in [0, 0.05) is 0 Å². The average molecular weight is 104 g/mol. The fourth-order valence-corrected chi connectivity index (χ4v) is 0.557. The Bertz CT molecular complexity index is 44.8. The third-order valence-corrected chi connectivity index (χ3v) is 0.902. The largest absolute Gasteiger partial charge is 0.528 e. The first-order valence-corrected chi connectivity index (χ1v) is 2.32. The summed E-state index contributed by atoms with van der Waals surface area (Å²) in [6.45, 7) is 1.38. The highest BCUT2D eigenvalue weighted by Gasteiger charge is 2.17. The molecule has 1 fully saturated rings. The van der Waals surface area contributed by atoms with Crippen LogP contribution in [0.2, 0.25) is 0 Å². The first-order valence-electron chi connectivity index (χ1n) is 1.81. The maximum Gasteiger partial charge on any atom is 0.528 e. The van der Waals surface area contributed by atoms with E-state index in [4.69, 9.17) is 9.31 Å². The van der Waals surface area contributed by atoms with Gasteiger partial charge in [-0.05, 0) is 0 Å². The van der Waals surface area contributed by atoms with Gasteiger partial charge in [0.25, 0.3) is 0 Å². The summed E-state index contributed by atoms with van der Waals surface area (Å²) in [5.41, 5.74) is 0. The maximum atomic E-state index is 4.79. The lowest BCUT2D eigenvalue weighted by Gasteiger charge is -1.86. The standard InChI is InChI=1S/C2H5BO2S/c6-3-4-1-2-5-3/h6H,1-2H2. The van der Waals surface area contributed by atoms with Crippen molar-refractivity contribution in [3.05, 3.63) is 0 Å². The Balaban J connectivity index is 2.18. The summed E-state index contributed by atoms with van der Waals surface area (Å²) in [6.07, 6.45) is -0.259. The van der Waals surface area contributed by atoms with Gasteiger partial charge in [-0.25, -0.2) is 0 Å². The van der Waals surface area contributed by atoms with Crippen LogP contribution in [0.3, 0.4) is 0 Å². The molecule has 0 N–H and O–H groups in total. The van der Waals surface area contributed by atoms with Crippen molar-refractivity contribution in [3.8, 4) is 0 Å². The Morgan fingerprint density at radius 1 is 1.33 bits per heavy atom. The highest BCUT2D eigenvalue weighted by molar-refractivity contribution is 8.08. The molecule has 0 saturated carbocycles. The molecule has 0 atom stereocenters. The highest BCUT2D eigenvalue weighted by atomic mass is 32.1. The van der Waals surface area contributed by atoms with Gasteiger partial charge in [0.05, 0.1) is 13.2 Å². The van der Waals surface area contributed by atoms with E-state index in [0.717, 1.165) is 0 Å². The van der Waals surface area contributed by atoms with Crippen LogP contribution in [-0.2, 0) is 9.31 Å². The van der Waals surface area contributed by atoms with Crippen molar-refractivity contribution in [2.75, 3.05) is 13.2 Å². The minimum atomic E-state index is -0.259. The van der Waals surface area contributed by atoms with Crippen molar-refractivity contribution in [1.82, 2.24) is 0 Å². The van der Waals surface area contributed by atoms with E-state index in [-0.39, 0.29) is 6.40 Å². The number of hydrogen-bond acceptors (Lipinski definition) is 3. The smallest absolute Gasteiger partial charge is 0.400 e. The Morgan fingerprint density at radius 2 is 1.83 bits per heavy atom. The van der Waals surface area contributed by atoms with Crippen LogP contribution < -0.4 is 0 Å². The summed E-state index contributed by atoms with van der Waals surface area (Å²) in [4.78, 5) is 0. The highest BCUT2D eigenvalue weighted by Crippen LogP contribution is 2.00. The molecule has 0 aromatic carbocycles. The van der Waals surface area contributed by atoms with Crippen molar-refractivity contribution < 1.29 is 9.31 Å². The minimum Gasteiger partial charge on any atom is -0.400 e. The summed E-state index contributed by atoms with van der Waals surface area (Å²) >= 11 is 3.85. The van der Waals surface area contributed by atoms with Gasteiger partial charge in [-0.1, -0.05) is 0 Å². The molecule has 1 rings (SSSR count). The lowest BCUT2D eigenvalue weighted by Crippen LogP contribution is -2.01. The van der Waals surface area contributed by atoms with E-state index >= 15 is 0 Å². The predicted octanol–water partition coefficient (Wildman–Crippen LogP) is -0.0521. The van der Waals surface area contributed by atoms with E-state index in [0.29, 0.717) is 13.2 Å². The zero-order chi connectivity index (χ0) is 4.41. The molecule has 0 spiro atoms. The average Bonchev–Trinajstić information content (AvgIpc) is 1.86. The van der Waals surface area contributed by atoms with E-state index < -0.39 is 0 Å². The molecule has 1 aliphatic heterocycles. The van der Waals surface area contributed by atoms with Gasteiger partial charge in [0.2, 0.25) is 0 Å². The molecule has 1 aliphatic rings. The maximum absolute atomic E-state index is 4.79. The van der Waals surface area contributed by atoms with Crippen LogP contribution in [0.1, 0.15) is 0 Å². The van der Waals surface area contributed by atoms with E-state index in [1.165, 1.54) is 0 Å². The topological polar surface area (TPSA) is 18.5 Å². The summed E-state index contributed by atoms with van der Waals surface area (Å²) in [5.74, 6) is 0. The molecular weight excluding hydrogens is 98.9 g/mol. The third-order valence-electron chi connectivity index (χ3n) is 0.604. The molecular formula is C2H5BO2S. The van der Waals surface area contributed by atoms with Gasteiger partial charge >= 0.3 is 6.40 Å². The fraction of sp³-hybridized carbons (Fsp3) is 1.00. The second-order valence-corrected chi connectivity index (χ2v) is 1.47. The summed E-state index contributed by atoms with van der Waals surface area (Å²) in [5, 5.41) is 0. The molecule has 0 radical (unpaired) electrons. The van der Waals surface area contributed by atoms with Crippen LogP contribution in [0, 0.1) is 0 Å². The van der Waals surface area contributed by atoms with Gasteiger partial charge in [0.15, 0.2) is 0 Å². The van der Waals surface area contributed by atoms with E-state index in [9.17, 15) is 0 Å². The second-order valence-electron chi connectivity index (χ2n) is 1.05. The van der Waals surface area contributed by atoms with Crippen LogP contribution in [0.5, 0.6) is 0 Å².